The van der Waals surface area contributed by atoms with Gasteiger partial charge in [-0.25, -0.2) is 13.1 Å². The van der Waals surface area contributed by atoms with E-state index in [-0.39, 0.29) is 10.6 Å². The summed E-state index contributed by atoms with van der Waals surface area (Å²) in [5, 5.41) is 1.38. The van der Waals surface area contributed by atoms with Crippen molar-refractivity contribution in [2.24, 2.45) is 0 Å². The van der Waals surface area contributed by atoms with Gasteiger partial charge in [-0.15, -0.1) is 0 Å². The molecule has 1 amide bonds. The first kappa shape index (κ1) is 18.5. The molecule has 0 aromatic heterocycles. The Labute approximate surface area is 151 Å². The zero-order valence-electron chi connectivity index (χ0n) is 13.0. The van der Waals surface area contributed by atoms with Crippen molar-refractivity contribution < 1.29 is 13.2 Å². The monoisotopic (exact) mass is 383 g/mol. The number of sulfonamides is 1. The van der Waals surface area contributed by atoms with Crippen LogP contribution in [0, 0.1) is 13.8 Å². The van der Waals surface area contributed by atoms with E-state index in [0.717, 1.165) is 22.1 Å². The number of carbonyl (C=O) groups is 1. The molecule has 0 fully saturated rings. The van der Waals surface area contributed by atoms with Gasteiger partial charge in [-0.05, 0) is 49.2 Å². The maximum absolute atomic E-state index is 12.1. The first-order chi connectivity index (χ1) is 11.2. The highest BCUT2D eigenvalue weighted by Gasteiger charge is 2.16. The van der Waals surface area contributed by atoms with Crippen molar-refractivity contribution in [1.82, 2.24) is 4.72 Å². The lowest BCUT2D eigenvalue weighted by Crippen LogP contribution is -2.29. The molecule has 0 heterocycles. The fourth-order valence-corrected chi connectivity index (χ4v) is 3.32. The Bertz CT molecular complexity index is 921. The predicted molar refractivity (Wildman–Crippen MR) is 97.8 cm³/mol. The zero-order valence-corrected chi connectivity index (χ0v) is 15.3. The summed E-state index contributed by atoms with van der Waals surface area (Å²) in [5.74, 6) is -0.818. The summed E-state index contributed by atoms with van der Waals surface area (Å²) in [6, 6.07) is 9.83. The molecule has 0 aliphatic rings. The second-order valence-corrected chi connectivity index (χ2v) is 7.67. The van der Waals surface area contributed by atoms with Crippen LogP contribution in [0.3, 0.4) is 0 Å². The maximum atomic E-state index is 12.1. The summed E-state index contributed by atoms with van der Waals surface area (Å²) >= 11 is 11.7. The number of nitrogens with one attached hydrogen (secondary N) is 1. The largest absolute Gasteiger partial charge is 0.268 e. The molecule has 126 valence electrons. The summed E-state index contributed by atoms with van der Waals surface area (Å²) in [5.41, 5.74) is 2.80. The predicted octanol–water partition coefficient (Wildman–Crippen LogP) is 4.34. The van der Waals surface area contributed by atoms with Crippen LogP contribution in [0.25, 0.3) is 6.08 Å². The zero-order chi connectivity index (χ0) is 17.9. The highest BCUT2D eigenvalue weighted by Crippen LogP contribution is 2.21. The lowest BCUT2D eigenvalue weighted by molar-refractivity contribution is 0.0982. The van der Waals surface area contributed by atoms with Gasteiger partial charge in [0, 0.05) is 5.02 Å². The van der Waals surface area contributed by atoms with Gasteiger partial charge in [0.05, 0.1) is 16.0 Å². The molecule has 0 atom stereocenters. The van der Waals surface area contributed by atoms with Crippen molar-refractivity contribution in [1.29, 1.82) is 0 Å². The molecular formula is C17H15Cl2NO3S. The fourth-order valence-electron chi connectivity index (χ4n) is 2.07. The summed E-state index contributed by atoms with van der Waals surface area (Å²) in [6.07, 6.45) is 1.44. The van der Waals surface area contributed by atoms with Crippen molar-refractivity contribution >= 4 is 45.2 Å². The summed E-state index contributed by atoms with van der Waals surface area (Å²) in [7, 11) is -3.95. The molecule has 24 heavy (non-hydrogen) atoms. The SMILES string of the molecule is Cc1ccc(/C=C/S(=O)(=O)NC(=O)c2ccc(Cl)cc2Cl)c(C)c1. The molecule has 2 aromatic rings. The van der Waals surface area contributed by atoms with Gasteiger partial charge in [0.1, 0.15) is 0 Å². The molecule has 0 bridgehead atoms. The third kappa shape index (κ3) is 4.84. The van der Waals surface area contributed by atoms with Gasteiger partial charge in [-0.1, -0.05) is 47.0 Å². The van der Waals surface area contributed by atoms with Gasteiger partial charge in [0.2, 0.25) is 0 Å². The van der Waals surface area contributed by atoms with E-state index < -0.39 is 15.9 Å². The fraction of sp³-hybridized carbons (Fsp3) is 0.118. The van der Waals surface area contributed by atoms with E-state index in [0.29, 0.717) is 5.02 Å². The molecule has 0 radical (unpaired) electrons. The Balaban J connectivity index is 2.18. The molecule has 7 heteroatoms. The summed E-state index contributed by atoms with van der Waals surface area (Å²) in [6.45, 7) is 3.83. The molecule has 0 spiro atoms. The number of aryl methyl sites for hydroxylation is 2. The number of hydrogen-bond donors (Lipinski definition) is 1. The second-order valence-electron chi connectivity index (χ2n) is 5.26. The van der Waals surface area contributed by atoms with Crippen molar-refractivity contribution in [3.8, 4) is 0 Å². The minimum Gasteiger partial charge on any atom is -0.268 e. The van der Waals surface area contributed by atoms with Gasteiger partial charge in [0.15, 0.2) is 0 Å². The van der Waals surface area contributed by atoms with Crippen LogP contribution in [0.4, 0.5) is 0 Å². The second kappa shape index (κ2) is 7.38. The Morgan fingerprint density at radius 1 is 1.08 bits per heavy atom. The third-order valence-corrected chi connectivity index (χ3v) is 4.77. The highest BCUT2D eigenvalue weighted by molar-refractivity contribution is 7.93. The quantitative estimate of drug-likeness (QED) is 0.853. The standard InChI is InChI=1S/C17H15Cl2NO3S/c1-11-3-4-13(12(2)9-11)7-8-24(22,23)20-17(21)15-6-5-14(18)10-16(15)19/h3-10H,1-2H3,(H,20,21)/b8-7+. The summed E-state index contributed by atoms with van der Waals surface area (Å²) < 4.78 is 26.1. The Morgan fingerprint density at radius 2 is 1.79 bits per heavy atom. The van der Waals surface area contributed by atoms with Gasteiger partial charge < -0.3 is 0 Å². The number of rotatable bonds is 4. The Morgan fingerprint density at radius 3 is 2.42 bits per heavy atom. The van der Waals surface area contributed by atoms with Crippen molar-refractivity contribution in [2.75, 3.05) is 0 Å². The van der Waals surface area contributed by atoms with Crippen LogP contribution >= 0.6 is 23.2 Å². The molecule has 0 unspecified atom stereocenters. The highest BCUT2D eigenvalue weighted by atomic mass is 35.5. The van der Waals surface area contributed by atoms with Gasteiger partial charge in [0.25, 0.3) is 15.9 Å². The lowest BCUT2D eigenvalue weighted by atomic mass is 10.1. The average Bonchev–Trinajstić information content (AvgIpc) is 2.45. The maximum Gasteiger partial charge on any atom is 0.266 e. The van der Waals surface area contributed by atoms with E-state index in [2.05, 4.69) is 0 Å². The molecular weight excluding hydrogens is 369 g/mol. The van der Waals surface area contributed by atoms with Gasteiger partial charge in [-0.2, -0.15) is 0 Å². The van der Waals surface area contributed by atoms with Crippen LogP contribution in [0.15, 0.2) is 41.8 Å². The normalized spacial score (nSPS) is 11.7. The number of hydrogen-bond acceptors (Lipinski definition) is 3. The number of halogens is 2. The minimum absolute atomic E-state index is 0.0320. The number of amides is 1. The topological polar surface area (TPSA) is 63.2 Å². The summed E-state index contributed by atoms with van der Waals surface area (Å²) in [4.78, 5) is 12.1. The van der Waals surface area contributed by atoms with Crippen LogP contribution in [0.2, 0.25) is 10.0 Å². The van der Waals surface area contributed by atoms with E-state index in [1.165, 1.54) is 24.3 Å². The molecule has 0 saturated heterocycles. The van der Waals surface area contributed by atoms with E-state index in [4.69, 9.17) is 23.2 Å². The van der Waals surface area contributed by atoms with Crippen molar-refractivity contribution in [3.63, 3.8) is 0 Å². The first-order valence-corrected chi connectivity index (χ1v) is 9.26. The van der Waals surface area contributed by atoms with E-state index in [1.54, 1.807) is 0 Å². The Kier molecular flexibility index (Phi) is 5.70. The molecule has 2 aromatic carbocycles. The molecule has 4 nitrogen and oxygen atoms in total. The van der Waals surface area contributed by atoms with Gasteiger partial charge >= 0.3 is 0 Å². The van der Waals surface area contributed by atoms with E-state index in [1.807, 2.05) is 36.8 Å². The molecule has 0 aliphatic carbocycles. The van der Waals surface area contributed by atoms with Crippen molar-refractivity contribution in [3.05, 3.63) is 74.1 Å². The Hall–Kier alpha value is -1.82. The number of carbonyl (C=O) groups excluding carboxylic acids is 1. The first-order valence-electron chi connectivity index (χ1n) is 6.95. The third-order valence-electron chi connectivity index (χ3n) is 3.26. The van der Waals surface area contributed by atoms with Gasteiger partial charge in [-0.3, -0.25) is 4.79 Å². The average molecular weight is 384 g/mol. The van der Waals surface area contributed by atoms with E-state index in [9.17, 15) is 13.2 Å². The molecule has 0 aliphatic heterocycles. The molecule has 1 N–H and O–H groups in total. The number of benzene rings is 2. The smallest absolute Gasteiger partial charge is 0.266 e. The minimum atomic E-state index is -3.95. The van der Waals surface area contributed by atoms with Crippen LogP contribution in [-0.4, -0.2) is 14.3 Å². The van der Waals surface area contributed by atoms with Crippen LogP contribution in [0.1, 0.15) is 27.0 Å². The van der Waals surface area contributed by atoms with Crippen LogP contribution in [-0.2, 0) is 10.0 Å². The van der Waals surface area contributed by atoms with Crippen LogP contribution in [0.5, 0.6) is 0 Å². The van der Waals surface area contributed by atoms with E-state index >= 15 is 0 Å². The molecule has 2 rings (SSSR count). The van der Waals surface area contributed by atoms with Crippen molar-refractivity contribution in [2.45, 2.75) is 13.8 Å². The van der Waals surface area contributed by atoms with Crippen LogP contribution < -0.4 is 4.72 Å². The molecule has 0 saturated carbocycles. The lowest BCUT2D eigenvalue weighted by Gasteiger charge is -2.06.